The van der Waals surface area contributed by atoms with Crippen LogP contribution in [0.5, 0.6) is 0 Å². The lowest BCUT2D eigenvalue weighted by Gasteiger charge is -2.25. The number of hydrogen-bond donors (Lipinski definition) is 2. The van der Waals surface area contributed by atoms with Gasteiger partial charge in [0.15, 0.2) is 0 Å². The smallest absolute Gasteiger partial charge is 0.323 e. The molecule has 1 aromatic carbocycles. The minimum Gasteiger partial charge on any atom is -0.480 e. The van der Waals surface area contributed by atoms with E-state index in [2.05, 4.69) is 0 Å². The zero-order valence-corrected chi connectivity index (χ0v) is 10.9. The summed E-state index contributed by atoms with van der Waals surface area (Å²) >= 11 is 5.93. The van der Waals surface area contributed by atoms with Crippen molar-refractivity contribution in [1.82, 2.24) is 0 Å². The van der Waals surface area contributed by atoms with E-state index >= 15 is 0 Å². The molecule has 0 radical (unpaired) electrons. The first-order valence-corrected chi connectivity index (χ1v) is 6.02. The summed E-state index contributed by atoms with van der Waals surface area (Å²) in [5, 5.41) is 9.70. The molecule has 4 heteroatoms. The molecule has 0 spiro atoms. The van der Waals surface area contributed by atoms with Crippen molar-refractivity contribution in [3.05, 3.63) is 34.9 Å². The maximum atomic E-state index is 11.0. The highest BCUT2D eigenvalue weighted by Gasteiger charge is 2.31. The number of carboxylic acid groups (broad SMARTS) is 1. The van der Waals surface area contributed by atoms with E-state index in [0.717, 1.165) is 12.0 Å². The Morgan fingerprint density at radius 3 is 2.71 bits per heavy atom. The molecule has 1 aromatic rings. The third-order valence-corrected chi connectivity index (χ3v) is 3.21. The van der Waals surface area contributed by atoms with Crippen molar-refractivity contribution in [3.63, 3.8) is 0 Å². The summed E-state index contributed by atoms with van der Waals surface area (Å²) in [6.45, 7) is 3.56. The molecule has 0 aliphatic heterocycles. The van der Waals surface area contributed by atoms with Gasteiger partial charge in [-0.25, -0.2) is 0 Å². The second-order valence-electron chi connectivity index (χ2n) is 4.59. The maximum absolute atomic E-state index is 11.0. The number of nitrogens with two attached hydrogens (primary N) is 1. The van der Waals surface area contributed by atoms with Gasteiger partial charge in [-0.05, 0) is 43.4 Å². The van der Waals surface area contributed by atoms with Gasteiger partial charge in [-0.1, -0.05) is 30.7 Å². The van der Waals surface area contributed by atoms with Crippen molar-refractivity contribution in [2.24, 2.45) is 5.73 Å². The van der Waals surface area contributed by atoms with E-state index in [-0.39, 0.29) is 5.92 Å². The Labute approximate surface area is 107 Å². The van der Waals surface area contributed by atoms with E-state index in [9.17, 15) is 4.79 Å². The fourth-order valence-corrected chi connectivity index (χ4v) is 2.06. The van der Waals surface area contributed by atoms with E-state index in [1.54, 1.807) is 13.0 Å². The lowest BCUT2D eigenvalue weighted by Crippen LogP contribution is -2.45. The summed E-state index contributed by atoms with van der Waals surface area (Å²) in [6.07, 6.45) is 1.24. The standard InChI is InChI=1S/C13H18ClNO2/c1-3-9(8-13(2,15)12(16)17)10-5-4-6-11(14)7-10/h4-7,9H,3,8,15H2,1-2H3,(H,16,17). The van der Waals surface area contributed by atoms with E-state index < -0.39 is 11.5 Å². The van der Waals surface area contributed by atoms with Gasteiger partial charge in [-0.15, -0.1) is 0 Å². The molecule has 3 N–H and O–H groups in total. The summed E-state index contributed by atoms with van der Waals surface area (Å²) < 4.78 is 0. The fourth-order valence-electron chi connectivity index (χ4n) is 1.86. The Balaban J connectivity index is 2.90. The molecule has 0 heterocycles. The first-order valence-electron chi connectivity index (χ1n) is 5.64. The lowest BCUT2D eigenvalue weighted by molar-refractivity contribution is -0.143. The molecule has 0 amide bonds. The minimum absolute atomic E-state index is 0.111. The number of carbonyl (C=O) groups is 1. The molecule has 2 atom stereocenters. The second kappa shape index (κ2) is 5.52. The zero-order chi connectivity index (χ0) is 13.1. The summed E-state index contributed by atoms with van der Waals surface area (Å²) in [4.78, 5) is 11.0. The predicted octanol–water partition coefficient (Wildman–Crippen LogP) is 3.03. The van der Waals surface area contributed by atoms with Crippen molar-refractivity contribution in [3.8, 4) is 0 Å². The molecular weight excluding hydrogens is 238 g/mol. The molecule has 0 saturated carbocycles. The molecule has 0 bridgehead atoms. The highest BCUT2D eigenvalue weighted by Crippen LogP contribution is 2.29. The monoisotopic (exact) mass is 255 g/mol. The van der Waals surface area contributed by atoms with Crippen LogP contribution in [0.1, 0.15) is 38.2 Å². The van der Waals surface area contributed by atoms with Gasteiger partial charge in [-0.2, -0.15) is 0 Å². The molecule has 17 heavy (non-hydrogen) atoms. The van der Waals surface area contributed by atoms with Gasteiger partial charge in [0.2, 0.25) is 0 Å². The van der Waals surface area contributed by atoms with Crippen LogP contribution in [0.2, 0.25) is 5.02 Å². The van der Waals surface area contributed by atoms with Crippen LogP contribution in [-0.4, -0.2) is 16.6 Å². The van der Waals surface area contributed by atoms with Crippen LogP contribution in [-0.2, 0) is 4.79 Å². The van der Waals surface area contributed by atoms with Crippen LogP contribution in [0.3, 0.4) is 0 Å². The highest BCUT2D eigenvalue weighted by molar-refractivity contribution is 6.30. The number of rotatable bonds is 5. The molecule has 0 aliphatic rings. The molecule has 1 rings (SSSR count). The van der Waals surface area contributed by atoms with Crippen LogP contribution in [0.15, 0.2) is 24.3 Å². The van der Waals surface area contributed by atoms with Crippen molar-refractivity contribution < 1.29 is 9.90 Å². The number of halogens is 1. The Bertz CT molecular complexity index is 404. The molecule has 0 aliphatic carbocycles. The molecule has 3 nitrogen and oxygen atoms in total. The van der Waals surface area contributed by atoms with Gasteiger partial charge in [0.05, 0.1) is 0 Å². The van der Waals surface area contributed by atoms with Gasteiger partial charge >= 0.3 is 5.97 Å². The lowest BCUT2D eigenvalue weighted by atomic mass is 9.84. The van der Waals surface area contributed by atoms with Crippen LogP contribution in [0.4, 0.5) is 0 Å². The first-order chi connectivity index (χ1) is 7.86. The van der Waals surface area contributed by atoms with Crippen molar-refractivity contribution in [1.29, 1.82) is 0 Å². The number of carboxylic acids is 1. The van der Waals surface area contributed by atoms with Crippen LogP contribution in [0, 0.1) is 0 Å². The summed E-state index contributed by atoms with van der Waals surface area (Å²) in [5.74, 6) is -0.863. The quantitative estimate of drug-likeness (QED) is 0.850. The maximum Gasteiger partial charge on any atom is 0.323 e. The normalized spacial score (nSPS) is 16.2. The molecular formula is C13H18ClNO2. The average Bonchev–Trinajstić information content (AvgIpc) is 2.25. The van der Waals surface area contributed by atoms with Crippen molar-refractivity contribution >= 4 is 17.6 Å². The summed E-state index contributed by atoms with van der Waals surface area (Å²) in [7, 11) is 0. The topological polar surface area (TPSA) is 63.3 Å². The van der Waals surface area contributed by atoms with Gasteiger partial charge in [-0.3, -0.25) is 4.79 Å². The predicted molar refractivity (Wildman–Crippen MR) is 69.3 cm³/mol. The van der Waals surface area contributed by atoms with Gasteiger partial charge < -0.3 is 10.8 Å². The number of aliphatic carboxylic acids is 1. The Morgan fingerprint density at radius 1 is 1.59 bits per heavy atom. The Kier molecular flexibility index (Phi) is 4.54. The van der Waals surface area contributed by atoms with Crippen LogP contribution in [0.25, 0.3) is 0 Å². The third-order valence-electron chi connectivity index (χ3n) is 2.97. The van der Waals surface area contributed by atoms with Crippen LogP contribution < -0.4 is 5.73 Å². The van der Waals surface area contributed by atoms with Crippen molar-refractivity contribution in [2.75, 3.05) is 0 Å². The van der Waals surface area contributed by atoms with E-state index in [4.69, 9.17) is 22.4 Å². The third kappa shape index (κ3) is 3.72. The summed E-state index contributed by atoms with van der Waals surface area (Å²) in [6, 6.07) is 7.50. The van der Waals surface area contributed by atoms with Gasteiger partial charge in [0.1, 0.15) is 5.54 Å². The highest BCUT2D eigenvalue weighted by atomic mass is 35.5. The number of benzene rings is 1. The Morgan fingerprint density at radius 2 is 2.24 bits per heavy atom. The molecule has 94 valence electrons. The first kappa shape index (κ1) is 14.0. The zero-order valence-electron chi connectivity index (χ0n) is 10.1. The second-order valence-corrected chi connectivity index (χ2v) is 5.02. The summed E-state index contributed by atoms with van der Waals surface area (Å²) in [5.41, 5.74) is 5.61. The van der Waals surface area contributed by atoms with E-state index in [0.29, 0.717) is 11.4 Å². The molecule has 0 saturated heterocycles. The minimum atomic E-state index is -1.21. The fraction of sp³-hybridized carbons (Fsp3) is 0.462. The SMILES string of the molecule is CCC(CC(C)(N)C(=O)O)c1cccc(Cl)c1. The van der Waals surface area contributed by atoms with Gasteiger partial charge in [0, 0.05) is 5.02 Å². The van der Waals surface area contributed by atoms with Crippen molar-refractivity contribution in [2.45, 2.75) is 38.1 Å². The van der Waals surface area contributed by atoms with Gasteiger partial charge in [0.25, 0.3) is 0 Å². The molecule has 0 aromatic heterocycles. The molecule has 0 fully saturated rings. The molecule has 2 unspecified atom stereocenters. The average molecular weight is 256 g/mol. The Hall–Kier alpha value is -1.06. The van der Waals surface area contributed by atoms with E-state index in [1.165, 1.54) is 0 Å². The van der Waals surface area contributed by atoms with E-state index in [1.807, 2.05) is 25.1 Å². The number of hydrogen-bond acceptors (Lipinski definition) is 2. The largest absolute Gasteiger partial charge is 0.480 e. The van der Waals surface area contributed by atoms with Crippen LogP contribution >= 0.6 is 11.6 Å².